The summed E-state index contributed by atoms with van der Waals surface area (Å²) in [5, 5.41) is 5.93. The molecule has 1 unspecified atom stereocenters. The first-order valence-corrected chi connectivity index (χ1v) is 9.17. The van der Waals surface area contributed by atoms with Gasteiger partial charge in [-0.05, 0) is 43.7 Å². The summed E-state index contributed by atoms with van der Waals surface area (Å²) in [6.45, 7) is 8.57. The Kier molecular flexibility index (Phi) is 7.22. The van der Waals surface area contributed by atoms with Crippen LogP contribution in [0.1, 0.15) is 37.9 Å². The van der Waals surface area contributed by atoms with Crippen LogP contribution in [-0.2, 0) is 11.2 Å². The Labute approximate surface area is 150 Å². The van der Waals surface area contributed by atoms with Gasteiger partial charge in [-0.3, -0.25) is 9.78 Å². The molecule has 1 atom stereocenters. The Morgan fingerprint density at radius 3 is 2.80 bits per heavy atom. The van der Waals surface area contributed by atoms with E-state index in [0.717, 1.165) is 37.1 Å². The maximum absolute atomic E-state index is 12.4. The number of aryl methyl sites for hydroxylation is 1. The molecule has 3 amide bonds. The number of rotatable bonds is 6. The zero-order valence-electron chi connectivity index (χ0n) is 15.5. The fraction of sp³-hybridized carbons (Fsp3) is 0.632. The Morgan fingerprint density at radius 1 is 1.32 bits per heavy atom. The summed E-state index contributed by atoms with van der Waals surface area (Å²) in [5.74, 6) is 0.347. The van der Waals surface area contributed by atoms with Gasteiger partial charge in [0, 0.05) is 38.1 Å². The molecule has 0 saturated carbocycles. The number of hydrogen-bond acceptors (Lipinski definition) is 3. The molecule has 0 spiro atoms. The fourth-order valence-electron chi connectivity index (χ4n) is 2.90. The number of likely N-dealkylation sites (tertiary alicyclic amines) is 1. The van der Waals surface area contributed by atoms with Crippen molar-refractivity contribution < 1.29 is 9.59 Å². The molecule has 138 valence electrons. The van der Waals surface area contributed by atoms with Crippen LogP contribution >= 0.6 is 0 Å². The highest BCUT2D eigenvalue weighted by Gasteiger charge is 2.28. The maximum atomic E-state index is 12.4. The fourth-order valence-corrected chi connectivity index (χ4v) is 2.90. The van der Waals surface area contributed by atoms with E-state index >= 15 is 0 Å². The minimum absolute atomic E-state index is 0.0430. The SMILES string of the molecule is Cc1ccc(CCNC(=O)C2CCCN(C(=O)NCC(C)C)C2)cn1. The Balaban J connectivity index is 1.75. The van der Waals surface area contributed by atoms with Gasteiger partial charge in [0.15, 0.2) is 0 Å². The second-order valence-corrected chi connectivity index (χ2v) is 7.21. The summed E-state index contributed by atoms with van der Waals surface area (Å²) < 4.78 is 0. The standard InChI is InChI=1S/C19H30N4O2/c1-14(2)11-22-19(25)23-10-4-5-17(13-23)18(24)20-9-8-16-7-6-15(3)21-12-16/h6-7,12,14,17H,4-5,8-11,13H2,1-3H3,(H,20,24)(H,22,25). The normalized spacial score (nSPS) is 17.4. The van der Waals surface area contributed by atoms with Gasteiger partial charge in [0.1, 0.15) is 0 Å². The van der Waals surface area contributed by atoms with Gasteiger partial charge in [0.25, 0.3) is 0 Å². The molecule has 1 fully saturated rings. The number of carbonyl (C=O) groups is 2. The summed E-state index contributed by atoms with van der Waals surface area (Å²) in [6, 6.07) is 3.96. The lowest BCUT2D eigenvalue weighted by Crippen LogP contribution is -2.49. The van der Waals surface area contributed by atoms with E-state index in [-0.39, 0.29) is 17.9 Å². The van der Waals surface area contributed by atoms with Crippen LogP contribution in [0.2, 0.25) is 0 Å². The van der Waals surface area contributed by atoms with Crippen molar-refractivity contribution in [2.24, 2.45) is 11.8 Å². The zero-order chi connectivity index (χ0) is 18.2. The Hall–Kier alpha value is -2.11. The van der Waals surface area contributed by atoms with Crippen LogP contribution in [0.25, 0.3) is 0 Å². The van der Waals surface area contributed by atoms with Crippen LogP contribution in [0.15, 0.2) is 18.3 Å². The molecule has 1 aliphatic rings. The number of piperidine rings is 1. The number of nitrogens with zero attached hydrogens (tertiary/aromatic N) is 2. The predicted octanol–water partition coefficient (Wildman–Crippen LogP) is 2.13. The van der Waals surface area contributed by atoms with E-state index in [1.54, 1.807) is 4.90 Å². The van der Waals surface area contributed by atoms with Crippen molar-refractivity contribution in [3.05, 3.63) is 29.6 Å². The second kappa shape index (κ2) is 9.39. The molecule has 0 bridgehead atoms. The van der Waals surface area contributed by atoms with Gasteiger partial charge in [-0.1, -0.05) is 19.9 Å². The summed E-state index contributed by atoms with van der Waals surface area (Å²) in [7, 11) is 0. The predicted molar refractivity (Wildman–Crippen MR) is 98.2 cm³/mol. The van der Waals surface area contributed by atoms with Crippen molar-refractivity contribution in [3.8, 4) is 0 Å². The number of carbonyl (C=O) groups excluding carboxylic acids is 2. The van der Waals surface area contributed by atoms with E-state index < -0.39 is 0 Å². The third kappa shape index (κ3) is 6.36. The monoisotopic (exact) mass is 346 g/mol. The molecule has 1 aromatic rings. The molecule has 6 heteroatoms. The summed E-state index contributed by atoms with van der Waals surface area (Å²) in [4.78, 5) is 30.6. The summed E-state index contributed by atoms with van der Waals surface area (Å²) >= 11 is 0. The van der Waals surface area contributed by atoms with Gasteiger partial charge in [-0.25, -0.2) is 4.79 Å². The van der Waals surface area contributed by atoms with Crippen molar-refractivity contribution >= 4 is 11.9 Å². The smallest absolute Gasteiger partial charge is 0.317 e. The average Bonchev–Trinajstić information content (AvgIpc) is 2.61. The first-order chi connectivity index (χ1) is 12.0. The topological polar surface area (TPSA) is 74.3 Å². The molecule has 25 heavy (non-hydrogen) atoms. The van der Waals surface area contributed by atoms with E-state index in [0.29, 0.717) is 25.6 Å². The molecule has 1 aromatic heterocycles. The van der Waals surface area contributed by atoms with Crippen LogP contribution in [0.3, 0.4) is 0 Å². The molecule has 2 N–H and O–H groups in total. The Bertz CT molecular complexity index is 571. The van der Waals surface area contributed by atoms with E-state index in [1.807, 2.05) is 25.3 Å². The molecule has 0 aliphatic carbocycles. The summed E-state index contributed by atoms with van der Waals surface area (Å²) in [5.41, 5.74) is 2.11. The largest absolute Gasteiger partial charge is 0.355 e. The van der Waals surface area contributed by atoms with E-state index in [9.17, 15) is 9.59 Å². The minimum Gasteiger partial charge on any atom is -0.355 e. The van der Waals surface area contributed by atoms with E-state index in [1.165, 1.54) is 0 Å². The number of pyridine rings is 1. The number of aromatic nitrogens is 1. The van der Waals surface area contributed by atoms with Gasteiger partial charge in [-0.2, -0.15) is 0 Å². The molecule has 1 aliphatic heterocycles. The van der Waals surface area contributed by atoms with Crippen molar-refractivity contribution in [1.82, 2.24) is 20.5 Å². The lowest BCUT2D eigenvalue weighted by Gasteiger charge is -2.32. The van der Waals surface area contributed by atoms with Crippen molar-refractivity contribution in [2.45, 2.75) is 40.0 Å². The van der Waals surface area contributed by atoms with Crippen LogP contribution in [0.4, 0.5) is 4.79 Å². The molecule has 2 rings (SSSR count). The van der Waals surface area contributed by atoms with Crippen LogP contribution in [0, 0.1) is 18.8 Å². The van der Waals surface area contributed by atoms with E-state index in [2.05, 4.69) is 29.5 Å². The minimum atomic E-state index is -0.116. The highest BCUT2D eigenvalue weighted by atomic mass is 16.2. The molecular formula is C19H30N4O2. The Morgan fingerprint density at radius 2 is 2.12 bits per heavy atom. The number of urea groups is 1. The first kappa shape index (κ1) is 19.2. The molecule has 1 saturated heterocycles. The molecular weight excluding hydrogens is 316 g/mol. The third-order valence-electron chi connectivity index (χ3n) is 4.43. The molecule has 2 heterocycles. The third-order valence-corrected chi connectivity index (χ3v) is 4.43. The second-order valence-electron chi connectivity index (χ2n) is 7.21. The lowest BCUT2D eigenvalue weighted by molar-refractivity contribution is -0.126. The van der Waals surface area contributed by atoms with Gasteiger partial charge in [0.05, 0.1) is 5.92 Å². The maximum Gasteiger partial charge on any atom is 0.317 e. The quantitative estimate of drug-likeness (QED) is 0.829. The van der Waals surface area contributed by atoms with Gasteiger partial charge >= 0.3 is 6.03 Å². The van der Waals surface area contributed by atoms with Crippen molar-refractivity contribution in [1.29, 1.82) is 0 Å². The summed E-state index contributed by atoms with van der Waals surface area (Å²) in [6.07, 6.45) is 4.33. The van der Waals surface area contributed by atoms with Crippen molar-refractivity contribution in [2.75, 3.05) is 26.2 Å². The first-order valence-electron chi connectivity index (χ1n) is 9.17. The number of nitrogens with one attached hydrogen (secondary N) is 2. The highest BCUT2D eigenvalue weighted by Crippen LogP contribution is 2.16. The van der Waals surface area contributed by atoms with Crippen molar-refractivity contribution in [3.63, 3.8) is 0 Å². The lowest BCUT2D eigenvalue weighted by atomic mass is 9.97. The zero-order valence-corrected chi connectivity index (χ0v) is 15.5. The van der Waals surface area contributed by atoms with Gasteiger partial charge in [0.2, 0.25) is 5.91 Å². The molecule has 0 aromatic carbocycles. The highest BCUT2D eigenvalue weighted by molar-refractivity contribution is 5.80. The van der Waals surface area contributed by atoms with Gasteiger partial charge in [-0.15, -0.1) is 0 Å². The number of amides is 3. The van der Waals surface area contributed by atoms with Gasteiger partial charge < -0.3 is 15.5 Å². The number of hydrogen-bond donors (Lipinski definition) is 2. The average molecular weight is 346 g/mol. The molecule has 6 nitrogen and oxygen atoms in total. The molecule has 0 radical (unpaired) electrons. The van der Waals surface area contributed by atoms with Crippen LogP contribution < -0.4 is 10.6 Å². The van der Waals surface area contributed by atoms with Crippen LogP contribution in [-0.4, -0.2) is 48.0 Å². The van der Waals surface area contributed by atoms with E-state index in [4.69, 9.17) is 0 Å². The van der Waals surface area contributed by atoms with Crippen LogP contribution in [0.5, 0.6) is 0 Å².